The van der Waals surface area contributed by atoms with Crippen LogP contribution in [0.2, 0.25) is 0 Å². The van der Waals surface area contributed by atoms with Crippen molar-refractivity contribution < 1.29 is 72.8 Å². The number of nitrogens with zero attached hydrogens (tertiary/aromatic N) is 1. The molecule has 1 aromatic carbocycles. The van der Waals surface area contributed by atoms with Crippen LogP contribution in [0.4, 0.5) is 0 Å². The zero-order valence-corrected chi connectivity index (χ0v) is 38.5. The number of piperidine rings is 1. The van der Waals surface area contributed by atoms with E-state index in [1.54, 1.807) is 18.1 Å². The molecule has 5 aliphatic rings. The highest BCUT2D eigenvalue weighted by atomic mass is 16.7. The minimum atomic E-state index is -1.67. The standard InChI is InChI=1S/C48H68N2O15/c1-26-20-30(17-19-60-6)22-48(5)37(53)21-33(27(2)24-62-28(3)51)39(48)43(40(26)55)65-47-42(57)44(63-29(4)52)41(56)36(64-47)25-61-18-10-8-7-9-12-31-13-11-14-32-34(31)23-50(46(32)59)35-15-16-38(54)49-45(35)58/h11,13-14,22,26-27,35-37,40-44,47,53,55-57H,7-10,12,15-21,23-25H2,1-6H3,(H,49,54,58)/b30-22-/t26-,27-,35?,36?,37+,40-,41?,42?,43-,44?,47?,48+/m1/s1. The maximum Gasteiger partial charge on any atom is 0.303 e. The molecule has 12 atom stereocenters. The molecule has 0 bridgehead atoms. The summed E-state index contributed by atoms with van der Waals surface area (Å²) in [6, 6.07) is 4.97. The van der Waals surface area contributed by atoms with E-state index in [1.165, 1.54) is 6.92 Å². The predicted molar refractivity (Wildman–Crippen MR) is 232 cm³/mol. The fraction of sp³-hybridized carbons (Fsp3) is 0.688. The lowest BCUT2D eigenvalue weighted by molar-refractivity contribution is -0.318. The van der Waals surface area contributed by atoms with Gasteiger partial charge in [-0.15, -0.1) is 0 Å². The van der Waals surface area contributed by atoms with Crippen molar-refractivity contribution in [3.05, 3.63) is 57.7 Å². The summed E-state index contributed by atoms with van der Waals surface area (Å²) < 4.78 is 35.1. The molecule has 17 heteroatoms. The first-order chi connectivity index (χ1) is 30.9. The summed E-state index contributed by atoms with van der Waals surface area (Å²) in [5.41, 5.74) is 3.83. The summed E-state index contributed by atoms with van der Waals surface area (Å²) in [4.78, 5) is 63.1. The summed E-state index contributed by atoms with van der Waals surface area (Å²) >= 11 is 0. The van der Waals surface area contributed by atoms with E-state index in [0.29, 0.717) is 56.6 Å². The predicted octanol–water partition coefficient (Wildman–Crippen LogP) is 2.96. The van der Waals surface area contributed by atoms with Gasteiger partial charge in [-0.05, 0) is 80.6 Å². The number of esters is 2. The second-order valence-corrected chi connectivity index (χ2v) is 18.6. The fourth-order valence-electron chi connectivity index (χ4n) is 10.2. The molecular weight excluding hydrogens is 845 g/mol. The van der Waals surface area contributed by atoms with Gasteiger partial charge in [0.15, 0.2) is 12.4 Å². The molecule has 1 aromatic rings. The Balaban J connectivity index is 1.09. The van der Waals surface area contributed by atoms with Crippen LogP contribution in [-0.4, -0.2) is 144 Å². The molecule has 65 heavy (non-hydrogen) atoms. The number of carbonyl (C=O) groups excluding carboxylic acids is 5. The van der Waals surface area contributed by atoms with Gasteiger partial charge in [-0.2, -0.15) is 0 Å². The third kappa shape index (κ3) is 11.6. The normalized spacial score (nSPS) is 32.8. The van der Waals surface area contributed by atoms with Gasteiger partial charge in [0.25, 0.3) is 5.91 Å². The number of methoxy groups -OCH3 is 1. The molecular formula is C48H68N2O15. The zero-order chi connectivity index (χ0) is 47.2. The van der Waals surface area contributed by atoms with Crippen molar-refractivity contribution in [1.82, 2.24) is 10.2 Å². The van der Waals surface area contributed by atoms with Crippen LogP contribution >= 0.6 is 0 Å². The largest absolute Gasteiger partial charge is 0.465 e. The van der Waals surface area contributed by atoms with E-state index in [9.17, 15) is 44.4 Å². The van der Waals surface area contributed by atoms with Crippen LogP contribution in [0, 0.1) is 17.3 Å². The Kier molecular flexibility index (Phi) is 17.2. The highest BCUT2D eigenvalue weighted by Crippen LogP contribution is 2.52. The minimum absolute atomic E-state index is 0.0300. The Morgan fingerprint density at radius 3 is 2.43 bits per heavy atom. The molecule has 0 saturated carbocycles. The Bertz CT molecular complexity index is 1970. The Hall–Kier alpha value is -4.07. The van der Waals surface area contributed by atoms with E-state index < -0.39 is 78.3 Å². The number of nitrogens with one attached hydrogen (secondary N) is 1. The van der Waals surface area contributed by atoms with Crippen LogP contribution in [0.25, 0.3) is 0 Å². The van der Waals surface area contributed by atoms with Gasteiger partial charge in [0, 0.05) is 64.0 Å². The number of unbranched alkanes of at least 4 members (excludes halogenated alkanes) is 3. The van der Waals surface area contributed by atoms with E-state index >= 15 is 0 Å². The van der Waals surface area contributed by atoms with Gasteiger partial charge in [0.1, 0.15) is 30.5 Å². The summed E-state index contributed by atoms with van der Waals surface area (Å²) in [6.07, 6.45) is -2.70. The summed E-state index contributed by atoms with van der Waals surface area (Å²) in [6.45, 7) is 9.10. The molecule has 0 radical (unpaired) electrons. The van der Waals surface area contributed by atoms with Gasteiger partial charge in [0.05, 0.1) is 25.4 Å². The van der Waals surface area contributed by atoms with Gasteiger partial charge in [0.2, 0.25) is 11.8 Å². The van der Waals surface area contributed by atoms with Crippen LogP contribution in [-0.2, 0) is 60.6 Å². The zero-order valence-electron chi connectivity index (χ0n) is 38.5. The molecule has 6 rings (SSSR count). The number of hydrogen-bond acceptors (Lipinski definition) is 15. The highest BCUT2D eigenvalue weighted by molar-refractivity contribution is 6.05. The summed E-state index contributed by atoms with van der Waals surface area (Å²) in [5, 5.41) is 49.2. The van der Waals surface area contributed by atoms with Gasteiger partial charge in [-0.1, -0.05) is 56.0 Å². The van der Waals surface area contributed by atoms with Crippen LogP contribution in [0.3, 0.4) is 0 Å². The third-order valence-corrected chi connectivity index (χ3v) is 13.7. The average Bonchev–Trinajstić information content (AvgIpc) is 3.72. The lowest BCUT2D eigenvalue weighted by atomic mass is 9.70. The number of rotatable bonds is 19. The number of imide groups is 1. The van der Waals surface area contributed by atoms with E-state index in [-0.39, 0.29) is 49.7 Å². The fourth-order valence-corrected chi connectivity index (χ4v) is 10.2. The van der Waals surface area contributed by atoms with Crippen LogP contribution < -0.4 is 5.32 Å². The smallest absolute Gasteiger partial charge is 0.303 e. The lowest BCUT2D eigenvalue weighted by Crippen LogP contribution is -2.62. The van der Waals surface area contributed by atoms with E-state index in [4.69, 9.17) is 28.4 Å². The number of benzene rings is 1. The summed E-state index contributed by atoms with van der Waals surface area (Å²) in [7, 11) is 1.61. The second-order valence-electron chi connectivity index (χ2n) is 18.6. The Morgan fingerprint density at radius 1 is 0.969 bits per heavy atom. The second kappa shape index (κ2) is 22.2. The quantitative estimate of drug-likeness (QED) is 0.0581. The van der Waals surface area contributed by atoms with Gasteiger partial charge in [-0.25, -0.2) is 0 Å². The number of aryl methyl sites for hydroxylation is 1. The molecule has 17 nitrogen and oxygen atoms in total. The molecule has 360 valence electrons. The van der Waals surface area contributed by atoms with Crippen LogP contribution in [0.1, 0.15) is 114 Å². The maximum atomic E-state index is 13.2. The molecule has 3 heterocycles. The molecule has 5 N–H and O–H groups in total. The number of amides is 3. The maximum absolute atomic E-state index is 13.2. The van der Waals surface area contributed by atoms with Crippen molar-refractivity contribution in [1.29, 1.82) is 0 Å². The number of ether oxygens (including phenoxy) is 6. The average molecular weight is 913 g/mol. The van der Waals surface area contributed by atoms with Crippen molar-refractivity contribution in [2.75, 3.05) is 33.5 Å². The van der Waals surface area contributed by atoms with Crippen molar-refractivity contribution >= 4 is 29.7 Å². The highest BCUT2D eigenvalue weighted by Gasteiger charge is 2.54. The Morgan fingerprint density at radius 2 is 1.72 bits per heavy atom. The molecule has 3 aliphatic heterocycles. The van der Waals surface area contributed by atoms with Crippen LogP contribution in [0.5, 0.6) is 0 Å². The van der Waals surface area contributed by atoms with Crippen molar-refractivity contribution in [2.24, 2.45) is 17.3 Å². The van der Waals surface area contributed by atoms with Crippen LogP contribution in [0.15, 0.2) is 41.0 Å². The van der Waals surface area contributed by atoms with Crippen molar-refractivity contribution in [3.63, 3.8) is 0 Å². The first-order valence-corrected chi connectivity index (χ1v) is 23.0. The van der Waals surface area contributed by atoms with Gasteiger partial charge >= 0.3 is 11.9 Å². The third-order valence-electron chi connectivity index (χ3n) is 13.7. The first kappa shape index (κ1) is 50.3. The van der Waals surface area contributed by atoms with Gasteiger partial charge in [-0.3, -0.25) is 29.3 Å². The van der Waals surface area contributed by atoms with E-state index in [0.717, 1.165) is 54.9 Å². The number of fused-ring (bicyclic) bond motifs is 2. The molecule has 0 spiro atoms. The molecule has 2 fully saturated rings. The molecule has 2 saturated heterocycles. The van der Waals surface area contributed by atoms with E-state index in [1.807, 2.05) is 39.0 Å². The topological polar surface area (TPSA) is 237 Å². The molecule has 0 aromatic heterocycles. The summed E-state index contributed by atoms with van der Waals surface area (Å²) in [5.74, 6) is -2.90. The first-order valence-electron chi connectivity index (χ1n) is 23.0. The molecule has 3 amide bonds. The monoisotopic (exact) mass is 912 g/mol. The van der Waals surface area contributed by atoms with Gasteiger partial charge < -0.3 is 53.7 Å². The molecule has 2 aliphatic carbocycles. The number of aliphatic hydroxyl groups excluding tert-OH is 4. The Labute approximate surface area is 380 Å². The minimum Gasteiger partial charge on any atom is -0.465 e. The van der Waals surface area contributed by atoms with Crippen molar-refractivity contribution in [2.45, 2.75) is 160 Å². The van der Waals surface area contributed by atoms with E-state index in [2.05, 4.69) is 5.32 Å². The number of hydrogen-bond donors (Lipinski definition) is 5. The lowest BCUT2D eigenvalue weighted by Gasteiger charge is -2.46. The number of carbonyl (C=O) groups is 5. The number of aliphatic hydroxyl groups is 4. The van der Waals surface area contributed by atoms with Crippen molar-refractivity contribution in [3.8, 4) is 0 Å². The SMILES string of the molecule is COCC/C1=C/[C@]2(C)C(=C([C@H](C)COC(C)=O)C[C@@H]2O)[C@@H](OC2OC(COCCCCCCc3cccc4c3CN(C3CCC(=O)NC3=O)C4=O)C(O)C(OC(C)=O)C2O)[C@H](O)[C@H](C)C1. The molecule has 6 unspecified atom stereocenters.